The van der Waals surface area contributed by atoms with Gasteiger partial charge in [-0.3, -0.25) is 9.52 Å². The fraction of sp³-hybridized carbons (Fsp3) is 0.208. The Balaban J connectivity index is 1.56. The van der Waals surface area contributed by atoms with Crippen LogP contribution in [0.1, 0.15) is 18.1 Å². The molecule has 0 aliphatic heterocycles. The number of nitrogens with one attached hydrogen (secondary N) is 2. The summed E-state index contributed by atoms with van der Waals surface area (Å²) in [7, 11) is -3.74. The summed E-state index contributed by atoms with van der Waals surface area (Å²) >= 11 is 0. The van der Waals surface area contributed by atoms with Crippen molar-refractivity contribution in [2.24, 2.45) is 0 Å². The van der Waals surface area contributed by atoms with Crippen LogP contribution >= 0.6 is 0 Å². The van der Waals surface area contributed by atoms with Crippen molar-refractivity contribution in [3.63, 3.8) is 0 Å². The van der Waals surface area contributed by atoms with Gasteiger partial charge in [-0.2, -0.15) is 0 Å². The maximum absolute atomic E-state index is 12.6. The van der Waals surface area contributed by atoms with Gasteiger partial charge in [-0.15, -0.1) is 0 Å². The molecule has 32 heavy (non-hydrogen) atoms. The lowest BCUT2D eigenvalue weighted by atomic mass is 10.1. The van der Waals surface area contributed by atoms with Crippen LogP contribution in [-0.2, 0) is 14.8 Å². The average Bonchev–Trinajstić information content (AvgIpc) is 2.73. The Morgan fingerprint density at radius 2 is 1.38 bits per heavy atom. The van der Waals surface area contributed by atoms with Gasteiger partial charge in [-0.25, -0.2) is 8.42 Å². The lowest BCUT2D eigenvalue weighted by Gasteiger charge is -2.11. The number of sulfonamides is 1. The summed E-state index contributed by atoms with van der Waals surface area (Å²) in [4.78, 5) is 12.2. The van der Waals surface area contributed by atoms with E-state index in [1.807, 2.05) is 26.8 Å². The molecule has 0 unspecified atom stereocenters. The molecule has 8 heteroatoms. The summed E-state index contributed by atoms with van der Waals surface area (Å²) < 4.78 is 38.7. The van der Waals surface area contributed by atoms with E-state index >= 15 is 0 Å². The molecule has 0 saturated heterocycles. The van der Waals surface area contributed by atoms with Gasteiger partial charge in [-0.05, 0) is 92.6 Å². The van der Waals surface area contributed by atoms with E-state index in [2.05, 4.69) is 10.0 Å². The molecule has 0 saturated carbocycles. The predicted octanol–water partition coefficient (Wildman–Crippen LogP) is 4.52. The van der Waals surface area contributed by atoms with Crippen molar-refractivity contribution < 1.29 is 22.7 Å². The number of benzene rings is 3. The fourth-order valence-corrected chi connectivity index (χ4v) is 4.15. The molecule has 2 N–H and O–H groups in total. The zero-order chi connectivity index (χ0) is 23.1. The number of hydrogen-bond donors (Lipinski definition) is 2. The molecule has 3 aromatic rings. The molecule has 0 spiro atoms. The third kappa shape index (κ3) is 6.49. The molecule has 0 heterocycles. The van der Waals surface area contributed by atoms with Crippen LogP contribution in [0, 0.1) is 13.8 Å². The molecule has 0 bridgehead atoms. The lowest BCUT2D eigenvalue weighted by Crippen LogP contribution is -2.20. The first-order chi connectivity index (χ1) is 15.2. The van der Waals surface area contributed by atoms with Gasteiger partial charge >= 0.3 is 0 Å². The van der Waals surface area contributed by atoms with Crippen LogP contribution in [-0.4, -0.2) is 27.5 Å². The second-order valence-electron chi connectivity index (χ2n) is 7.25. The number of amides is 1. The van der Waals surface area contributed by atoms with Gasteiger partial charge in [-0.1, -0.05) is 6.07 Å². The van der Waals surface area contributed by atoms with E-state index in [0.29, 0.717) is 23.7 Å². The zero-order valence-corrected chi connectivity index (χ0v) is 19.0. The van der Waals surface area contributed by atoms with Gasteiger partial charge < -0.3 is 14.8 Å². The SMILES string of the molecule is CCOc1ccc(NC(=O)COc2ccc(S(=O)(=O)Nc3cc(C)cc(C)c3)cc2)cc1. The maximum Gasteiger partial charge on any atom is 0.262 e. The van der Waals surface area contributed by atoms with Crippen molar-refractivity contribution in [3.8, 4) is 11.5 Å². The van der Waals surface area contributed by atoms with Crippen LogP contribution < -0.4 is 19.5 Å². The molecule has 3 aromatic carbocycles. The number of rotatable bonds is 9. The summed E-state index contributed by atoms with van der Waals surface area (Å²) in [5.74, 6) is 0.781. The molecule has 3 rings (SSSR count). The van der Waals surface area contributed by atoms with Crippen LogP contribution in [0.4, 0.5) is 11.4 Å². The minimum atomic E-state index is -3.74. The highest BCUT2D eigenvalue weighted by atomic mass is 32.2. The number of aryl methyl sites for hydroxylation is 2. The second-order valence-corrected chi connectivity index (χ2v) is 8.93. The standard InChI is InChI=1S/C24H26N2O5S/c1-4-30-21-7-5-19(6-8-21)25-24(27)16-31-22-9-11-23(12-10-22)32(28,29)26-20-14-17(2)13-18(3)15-20/h5-15,26H,4,16H2,1-3H3,(H,25,27). The summed E-state index contributed by atoms with van der Waals surface area (Å²) in [5, 5.41) is 2.73. The van der Waals surface area contributed by atoms with Crippen molar-refractivity contribution in [1.29, 1.82) is 0 Å². The first kappa shape index (κ1) is 23.1. The molecule has 0 aliphatic rings. The normalized spacial score (nSPS) is 11.0. The molecule has 0 radical (unpaired) electrons. The van der Waals surface area contributed by atoms with Crippen LogP contribution in [0.5, 0.6) is 11.5 Å². The molecule has 168 valence electrons. The van der Waals surface area contributed by atoms with E-state index in [0.717, 1.165) is 16.9 Å². The van der Waals surface area contributed by atoms with E-state index < -0.39 is 10.0 Å². The summed E-state index contributed by atoms with van der Waals surface area (Å²) in [6, 6.07) is 18.4. The number of carbonyl (C=O) groups is 1. The topological polar surface area (TPSA) is 93.7 Å². The Labute approximate surface area is 188 Å². The van der Waals surface area contributed by atoms with Gasteiger partial charge in [0, 0.05) is 11.4 Å². The second kappa shape index (κ2) is 10.2. The van der Waals surface area contributed by atoms with Crippen molar-refractivity contribution >= 4 is 27.3 Å². The van der Waals surface area contributed by atoms with Crippen molar-refractivity contribution in [2.45, 2.75) is 25.7 Å². The molecule has 1 amide bonds. The lowest BCUT2D eigenvalue weighted by molar-refractivity contribution is -0.118. The average molecular weight is 455 g/mol. The van der Waals surface area contributed by atoms with Crippen molar-refractivity contribution in [1.82, 2.24) is 0 Å². The monoisotopic (exact) mass is 454 g/mol. The van der Waals surface area contributed by atoms with Gasteiger partial charge in [0.15, 0.2) is 6.61 Å². The summed E-state index contributed by atoms with van der Waals surface area (Å²) in [6.45, 7) is 6.07. The minimum Gasteiger partial charge on any atom is -0.494 e. The Morgan fingerprint density at radius 3 is 1.97 bits per heavy atom. The Bertz CT molecular complexity index is 1150. The third-order valence-corrected chi connectivity index (χ3v) is 5.82. The van der Waals surface area contributed by atoms with Crippen LogP contribution in [0.3, 0.4) is 0 Å². The van der Waals surface area contributed by atoms with Gasteiger partial charge in [0.2, 0.25) is 0 Å². The Hall–Kier alpha value is -3.52. The number of carbonyl (C=O) groups excluding carboxylic acids is 1. The predicted molar refractivity (Wildman–Crippen MR) is 125 cm³/mol. The first-order valence-corrected chi connectivity index (χ1v) is 11.6. The summed E-state index contributed by atoms with van der Waals surface area (Å²) in [6.07, 6.45) is 0. The number of anilines is 2. The highest BCUT2D eigenvalue weighted by molar-refractivity contribution is 7.92. The Kier molecular flexibility index (Phi) is 7.37. The van der Waals surface area contributed by atoms with E-state index in [4.69, 9.17) is 9.47 Å². The largest absolute Gasteiger partial charge is 0.494 e. The van der Waals surface area contributed by atoms with Gasteiger partial charge in [0.05, 0.1) is 11.5 Å². The zero-order valence-electron chi connectivity index (χ0n) is 18.2. The van der Waals surface area contributed by atoms with E-state index in [1.165, 1.54) is 24.3 Å². The molecule has 0 atom stereocenters. The Morgan fingerprint density at radius 1 is 0.812 bits per heavy atom. The fourth-order valence-electron chi connectivity index (χ4n) is 3.11. The highest BCUT2D eigenvalue weighted by Crippen LogP contribution is 2.21. The third-order valence-electron chi connectivity index (χ3n) is 4.43. The van der Waals surface area contributed by atoms with Gasteiger partial charge in [0.1, 0.15) is 11.5 Å². The van der Waals surface area contributed by atoms with Gasteiger partial charge in [0.25, 0.3) is 15.9 Å². The smallest absolute Gasteiger partial charge is 0.262 e. The van der Waals surface area contributed by atoms with Crippen LogP contribution in [0.25, 0.3) is 0 Å². The molecule has 7 nitrogen and oxygen atoms in total. The first-order valence-electron chi connectivity index (χ1n) is 10.1. The van der Waals surface area contributed by atoms with E-state index in [-0.39, 0.29) is 17.4 Å². The molecule has 0 fully saturated rings. The van der Waals surface area contributed by atoms with Crippen LogP contribution in [0.2, 0.25) is 0 Å². The molecular formula is C24H26N2O5S. The minimum absolute atomic E-state index is 0.0999. The summed E-state index contributed by atoms with van der Waals surface area (Å²) in [5.41, 5.74) is 3.07. The molecule has 0 aromatic heterocycles. The highest BCUT2D eigenvalue weighted by Gasteiger charge is 2.15. The number of hydrogen-bond acceptors (Lipinski definition) is 5. The van der Waals surface area contributed by atoms with Crippen molar-refractivity contribution in [3.05, 3.63) is 77.9 Å². The number of ether oxygens (including phenoxy) is 2. The maximum atomic E-state index is 12.6. The molecular weight excluding hydrogens is 428 g/mol. The van der Waals surface area contributed by atoms with E-state index in [1.54, 1.807) is 36.4 Å². The van der Waals surface area contributed by atoms with E-state index in [9.17, 15) is 13.2 Å². The van der Waals surface area contributed by atoms with Crippen molar-refractivity contribution in [2.75, 3.05) is 23.3 Å². The quantitative estimate of drug-likeness (QED) is 0.496. The van der Waals surface area contributed by atoms with Crippen LogP contribution in [0.15, 0.2) is 71.6 Å². The molecule has 0 aliphatic carbocycles.